The smallest absolute Gasteiger partial charge is 0.249 e. The number of hydrogen-bond acceptors (Lipinski definition) is 2. The van der Waals surface area contributed by atoms with Gasteiger partial charge in [-0.05, 0) is 34.1 Å². The molecule has 6 heteroatoms. The number of benzene rings is 1. The normalized spacial score (nSPS) is 10.4. The number of nitrogens with one attached hydrogen (secondary N) is 1. The average Bonchev–Trinajstić information content (AvgIpc) is 2.52. The second-order valence-corrected chi connectivity index (χ2v) is 3.92. The fraction of sp³-hybridized carbons (Fsp3) is 0. The molecule has 1 heterocycles. The topological polar surface area (TPSA) is 50.7 Å². The molecule has 2 rings (SSSR count). The van der Waals surface area contributed by atoms with Crippen molar-refractivity contribution in [2.45, 2.75) is 0 Å². The van der Waals surface area contributed by atoms with E-state index in [1.807, 2.05) is 0 Å². The Kier molecular flexibility index (Phi) is 2.43. The summed E-state index contributed by atoms with van der Waals surface area (Å²) in [6, 6.07) is 5.17. The zero-order chi connectivity index (χ0) is 10.1. The lowest BCUT2D eigenvalue weighted by Gasteiger charge is -2.02. The fourth-order valence-corrected chi connectivity index (χ4v) is 1.97. The van der Waals surface area contributed by atoms with Gasteiger partial charge in [-0.3, -0.25) is 0 Å². The second-order valence-electron chi connectivity index (χ2n) is 2.63. The van der Waals surface area contributed by atoms with Crippen molar-refractivity contribution in [3.8, 4) is 5.69 Å². The van der Waals surface area contributed by atoms with Crippen LogP contribution in [0.15, 0.2) is 33.8 Å². The van der Waals surface area contributed by atoms with E-state index in [1.54, 1.807) is 18.2 Å². The maximum absolute atomic E-state index is 11.2. The molecule has 0 atom stereocenters. The molecule has 0 aliphatic heterocycles. The van der Waals surface area contributed by atoms with Crippen LogP contribution >= 0.6 is 27.5 Å². The first-order valence-electron chi connectivity index (χ1n) is 3.76. The summed E-state index contributed by atoms with van der Waals surface area (Å²) in [5.41, 5.74) is 0.418. The fourth-order valence-electron chi connectivity index (χ4n) is 1.10. The number of hydrogen-bond donors (Lipinski definition) is 1. The van der Waals surface area contributed by atoms with Gasteiger partial charge in [-0.25, -0.2) is 14.5 Å². The van der Waals surface area contributed by atoms with Crippen molar-refractivity contribution in [3.63, 3.8) is 0 Å². The first-order valence-corrected chi connectivity index (χ1v) is 4.93. The highest BCUT2D eigenvalue weighted by Crippen LogP contribution is 2.23. The molecule has 0 bridgehead atoms. The van der Waals surface area contributed by atoms with E-state index in [0.717, 1.165) is 4.47 Å². The highest BCUT2D eigenvalue weighted by molar-refractivity contribution is 9.10. The lowest BCUT2D eigenvalue weighted by atomic mass is 10.3. The van der Waals surface area contributed by atoms with Gasteiger partial charge in [-0.2, -0.15) is 5.10 Å². The molecule has 2 aromatic rings. The molecule has 0 spiro atoms. The summed E-state index contributed by atoms with van der Waals surface area (Å²) in [5, 5.41) is 6.55. The molecular formula is C8H5BrClN3O. The Hall–Kier alpha value is -1.07. The van der Waals surface area contributed by atoms with E-state index < -0.39 is 0 Å². The SMILES string of the molecule is O=c1[nH]ncn1-c1ccc(Cl)cc1Br. The van der Waals surface area contributed by atoms with Gasteiger partial charge in [0.05, 0.1) is 5.69 Å². The molecule has 1 N–H and O–H groups in total. The quantitative estimate of drug-likeness (QED) is 0.864. The first kappa shape index (κ1) is 9.48. The average molecular weight is 275 g/mol. The molecule has 0 unspecified atom stereocenters. The van der Waals surface area contributed by atoms with Gasteiger partial charge < -0.3 is 0 Å². The van der Waals surface area contributed by atoms with E-state index in [1.165, 1.54) is 10.9 Å². The molecule has 0 amide bonds. The van der Waals surface area contributed by atoms with Crippen molar-refractivity contribution in [3.05, 3.63) is 44.5 Å². The van der Waals surface area contributed by atoms with E-state index in [-0.39, 0.29) is 5.69 Å². The Morgan fingerprint density at radius 1 is 1.50 bits per heavy atom. The molecule has 14 heavy (non-hydrogen) atoms. The summed E-state index contributed by atoms with van der Waals surface area (Å²) in [5.74, 6) is 0. The van der Waals surface area contributed by atoms with Gasteiger partial charge in [0, 0.05) is 9.50 Å². The van der Waals surface area contributed by atoms with E-state index in [9.17, 15) is 4.79 Å². The van der Waals surface area contributed by atoms with E-state index in [0.29, 0.717) is 10.7 Å². The van der Waals surface area contributed by atoms with Crippen molar-refractivity contribution in [2.24, 2.45) is 0 Å². The largest absolute Gasteiger partial charge is 0.347 e. The molecule has 0 radical (unpaired) electrons. The minimum atomic E-state index is -0.284. The third kappa shape index (κ3) is 1.60. The second kappa shape index (κ2) is 3.59. The van der Waals surface area contributed by atoms with Gasteiger partial charge in [-0.1, -0.05) is 11.6 Å². The monoisotopic (exact) mass is 273 g/mol. The van der Waals surface area contributed by atoms with Gasteiger partial charge in [-0.15, -0.1) is 0 Å². The summed E-state index contributed by atoms with van der Waals surface area (Å²) < 4.78 is 2.13. The van der Waals surface area contributed by atoms with Gasteiger partial charge in [0.25, 0.3) is 0 Å². The van der Waals surface area contributed by atoms with Crippen LogP contribution in [-0.2, 0) is 0 Å². The third-order valence-corrected chi connectivity index (χ3v) is 2.59. The maximum Gasteiger partial charge on any atom is 0.347 e. The molecule has 0 saturated heterocycles. The molecular weight excluding hydrogens is 269 g/mol. The van der Waals surface area contributed by atoms with Gasteiger partial charge >= 0.3 is 5.69 Å². The van der Waals surface area contributed by atoms with E-state index in [2.05, 4.69) is 26.1 Å². The van der Waals surface area contributed by atoms with Gasteiger partial charge in [0.15, 0.2) is 0 Å². The molecule has 72 valence electrons. The van der Waals surface area contributed by atoms with Crippen molar-refractivity contribution >= 4 is 27.5 Å². The molecule has 1 aromatic carbocycles. The van der Waals surface area contributed by atoms with Gasteiger partial charge in [0.1, 0.15) is 6.33 Å². The standard InChI is InChI=1S/C8H5BrClN3O/c9-6-3-5(10)1-2-7(6)13-4-11-12-8(13)14/h1-4H,(H,12,14). The predicted octanol–water partition coefficient (Wildman–Crippen LogP) is 1.98. The Labute approximate surface area is 92.6 Å². The Bertz CT molecular complexity index is 519. The number of halogens is 2. The molecule has 1 aromatic heterocycles. The predicted molar refractivity (Wildman–Crippen MR) is 56.9 cm³/mol. The van der Waals surface area contributed by atoms with Crippen LogP contribution < -0.4 is 5.69 Å². The minimum absolute atomic E-state index is 0.284. The molecule has 0 aliphatic rings. The highest BCUT2D eigenvalue weighted by Gasteiger charge is 2.05. The summed E-state index contributed by atoms with van der Waals surface area (Å²) in [4.78, 5) is 11.2. The summed E-state index contributed by atoms with van der Waals surface area (Å²) in [6.07, 6.45) is 1.41. The zero-order valence-electron chi connectivity index (χ0n) is 6.87. The van der Waals surface area contributed by atoms with Crippen LogP contribution in [0.5, 0.6) is 0 Å². The van der Waals surface area contributed by atoms with Crippen molar-refractivity contribution in [1.29, 1.82) is 0 Å². The van der Waals surface area contributed by atoms with Crippen molar-refractivity contribution < 1.29 is 0 Å². The van der Waals surface area contributed by atoms with Crippen LogP contribution in [0, 0.1) is 0 Å². The number of rotatable bonds is 1. The lowest BCUT2D eigenvalue weighted by molar-refractivity contribution is 0.978. The highest BCUT2D eigenvalue weighted by atomic mass is 79.9. The van der Waals surface area contributed by atoms with Crippen LogP contribution in [0.25, 0.3) is 5.69 Å². The Morgan fingerprint density at radius 3 is 2.86 bits per heavy atom. The Balaban J connectivity index is 2.63. The molecule has 0 fully saturated rings. The van der Waals surface area contributed by atoms with E-state index >= 15 is 0 Å². The molecule has 0 saturated carbocycles. The number of aromatic amines is 1. The van der Waals surface area contributed by atoms with Crippen molar-refractivity contribution in [2.75, 3.05) is 0 Å². The third-order valence-electron chi connectivity index (χ3n) is 1.72. The van der Waals surface area contributed by atoms with Crippen LogP contribution in [0.4, 0.5) is 0 Å². The van der Waals surface area contributed by atoms with Crippen LogP contribution in [0.3, 0.4) is 0 Å². The number of H-pyrrole nitrogens is 1. The maximum atomic E-state index is 11.2. The summed E-state index contributed by atoms with van der Waals surface area (Å²) in [6.45, 7) is 0. The van der Waals surface area contributed by atoms with Crippen LogP contribution in [0.2, 0.25) is 5.02 Å². The zero-order valence-corrected chi connectivity index (χ0v) is 9.21. The molecule has 4 nitrogen and oxygen atoms in total. The Morgan fingerprint density at radius 2 is 2.29 bits per heavy atom. The molecule has 0 aliphatic carbocycles. The van der Waals surface area contributed by atoms with Crippen LogP contribution in [-0.4, -0.2) is 14.8 Å². The first-order chi connectivity index (χ1) is 6.68. The summed E-state index contributed by atoms with van der Waals surface area (Å²) in [7, 11) is 0. The van der Waals surface area contributed by atoms with Gasteiger partial charge in [0.2, 0.25) is 0 Å². The number of nitrogens with zero attached hydrogens (tertiary/aromatic N) is 2. The lowest BCUT2D eigenvalue weighted by Crippen LogP contribution is -2.14. The van der Waals surface area contributed by atoms with Crippen LogP contribution in [0.1, 0.15) is 0 Å². The van der Waals surface area contributed by atoms with E-state index in [4.69, 9.17) is 11.6 Å². The minimum Gasteiger partial charge on any atom is -0.249 e. The van der Waals surface area contributed by atoms with Crippen molar-refractivity contribution in [1.82, 2.24) is 14.8 Å². The number of aromatic nitrogens is 3. The summed E-state index contributed by atoms with van der Waals surface area (Å²) >= 11 is 9.09.